The van der Waals surface area contributed by atoms with Gasteiger partial charge in [0.2, 0.25) is 5.91 Å². The third kappa shape index (κ3) is 6.76. The molecular formula is C28H26N2O5S. The Morgan fingerprint density at radius 2 is 1.61 bits per heavy atom. The second-order valence-corrected chi connectivity index (χ2v) is 8.86. The summed E-state index contributed by atoms with van der Waals surface area (Å²) >= 11 is 1.12. The fraction of sp³-hybridized carbons (Fsp3) is 0.179. The van der Waals surface area contributed by atoms with Crippen LogP contribution in [-0.2, 0) is 22.8 Å². The lowest BCUT2D eigenvalue weighted by Crippen LogP contribution is -2.23. The topological polar surface area (TPSA) is 86.2 Å². The van der Waals surface area contributed by atoms with E-state index >= 15 is 0 Å². The second-order valence-electron chi connectivity index (χ2n) is 7.83. The van der Waals surface area contributed by atoms with E-state index in [1.807, 2.05) is 79.7 Å². The number of ether oxygens (including phenoxy) is 3. The Bertz CT molecular complexity index is 1300. The summed E-state index contributed by atoms with van der Waals surface area (Å²) in [5, 5.41) is 2.82. The van der Waals surface area contributed by atoms with Crippen molar-refractivity contribution in [1.29, 1.82) is 0 Å². The van der Waals surface area contributed by atoms with E-state index in [0.717, 1.165) is 28.5 Å². The Morgan fingerprint density at radius 3 is 2.39 bits per heavy atom. The first kappa shape index (κ1) is 25.1. The van der Waals surface area contributed by atoms with Crippen molar-refractivity contribution in [2.24, 2.45) is 4.99 Å². The third-order valence-corrected chi connectivity index (χ3v) is 5.95. The zero-order valence-corrected chi connectivity index (χ0v) is 20.8. The molecule has 3 aromatic rings. The van der Waals surface area contributed by atoms with Crippen LogP contribution in [0.25, 0.3) is 6.08 Å². The van der Waals surface area contributed by atoms with E-state index in [2.05, 4.69) is 10.3 Å². The highest BCUT2D eigenvalue weighted by Gasteiger charge is 2.23. The van der Waals surface area contributed by atoms with E-state index in [4.69, 9.17) is 14.2 Å². The summed E-state index contributed by atoms with van der Waals surface area (Å²) in [6.45, 7) is 4.56. The molecule has 0 fully saturated rings. The average Bonchev–Trinajstić information content (AvgIpc) is 3.21. The Balaban J connectivity index is 1.44. The normalized spacial score (nSPS) is 13.9. The van der Waals surface area contributed by atoms with Crippen molar-refractivity contribution in [3.63, 3.8) is 0 Å². The summed E-state index contributed by atoms with van der Waals surface area (Å²) in [6, 6.07) is 23.1. The van der Waals surface area contributed by atoms with E-state index in [1.165, 1.54) is 6.92 Å². The number of carbonyl (C=O) groups is 2. The number of para-hydroxylation sites is 1. The lowest BCUT2D eigenvalue weighted by Gasteiger charge is -2.14. The molecule has 3 aromatic carbocycles. The van der Waals surface area contributed by atoms with Crippen molar-refractivity contribution in [1.82, 2.24) is 5.32 Å². The van der Waals surface area contributed by atoms with Crippen LogP contribution in [0.2, 0.25) is 0 Å². The van der Waals surface area contributed by atoms with Crippen LogP contribution in [0.5, 0.6) is 17.2 Å². The minimum atomic E-state index is -0.397. The predicted molar refractivity (Wildman–Crippen MR) is 141 cm³/mol. The van der Waals surface area contributed by atoms with Crippen LogP contribution in [0.4, 0.5) is 0 Å². The first-order valence-corrected chi connectivity index (χ1v) is 12.3. The Hall–Kier alpha value is -4.04. The molecule has 1 aliphatic heterocycles. The second kappa shape index (κ2) is 12.1. The summed E-state index contributed by atoms with van der Waals surface area (Å²) in [5.74, 6) is 1.27. The lowest BCUT2D eigenvalue weighted by atomic mass is 10.1. The van der Waals surface area contributed by atoms with Gasteiger partial charge >= 0.3 is 0 Å². The zero-order chi connectivity index (χ0) is 25.3. The van der Waals surface area contributed by atoms with E-state index in [1.54, 1.807) is 6.08 Å². The van der Waals surface area contributed by atoms with Gasteiger partial charge in [-0.2, -0.15) is 4.99 Å². The number of rotatable bonds is 9. The molecule has 0 bridgehead atoms. The number of nitrogens with one attached hydrogen (secondary N) is 1. The highest BCUT2D eigenvalue weighted by atomic mass is 32.2. The van der Waals surface area contributed by atoms with E-state index in [0.29, 0.717) is 42.0 Å². The molecule has 4 rings (SSSR count). The molecule has 0 radical (unpaired) electrons. The van der Waals surface area contributed by atoms with Crippen LogP contribution < -0.4 is 19.5 Å². The smallest absolute Gasteiger partial charge is 0.286 e. The Morgan fingerprint density at radius 1 is 0.889 bits per heavy atom. The minimum absolute atomic E-state index is 0.273. The number of aliphatic imine (C=N–C) groups is 1. The first-order valence-electron chi connectivity index (χ1n) is 11.5. The van der Waals surface area contributed by atoms with E-state index < -0.39 is 5.91 Å². The van der Waals surface area contributed by atoms with Gasteiger partial charge in [-0.25, -0.2) is 0 Å². The number of benzene rings is 3. The maximum absolute atomic E-state index is 12.2. The van der Waals surface area contributed by atoms with E-state index in [9.17, 15) is 9.59 Å². The lowest BCUT2D eigenvalue weighted by molar-refractivity contribution is -0.117. The van der Waals surface area contributed by atoms with Gasteiger partial charge in [0, 0.05) is 12.5 Å². The maximum Gasteiger partial charge on any atom is 0.286 e. The molecule has 0 saturated heterocycles. The molecular weight excluding hydrogens is 476 g/mol. The number of thioether (sulfide) groups is 1. The van der Waals surface area contributed by atoms with E-state index in [-0.39, 0.29) is 11.1 Å². The van der Waals surface area contributed by atoms with Crippen molar-refractivity contribution in [3.8, 4) is 17.2 Å². The minimum Gasteiger partial charge on any atom is -0.490 e. The van der Waals surface area contributed by atoms with Gasteiger partial charge in [0.25, 0.3) is 5.91 Å². The summed E-state index contributed by atoms with van der Waals surface area (Å²) in [5.41, 5.74) is 2.72. The number of carbonyl (C=O) groups excluding carboxylic acids is 2. The van der Waals surface area contributed by atoms with Crippen LogP contribution in [0.1, 0.15) is 30.5 Å². The predicted octanol–water partition coefficient (Wildman–Crippen LogP) is 5.35. The standard InChI is InChI=1S/C28H26N2O5S/c1-3-33-25-15-21(13-14-24(25)35-17-20-9-5-4-6-10-20)18-34-23-12-8-7-11-22(23)16-26-27(32)30-28(36-26)29-19(2)31/h4-16H,3,17-18H2,1-2H3,(H,29,30,31,32)/b26-16+. The summed E-state index contributed by atoms with van der Waals surface area (Å²) in [4.78, 5) is 27.8. The van der Waals surface area contributed by atoms with Gasteiger partial charge < -0.3 is 19.5 Å². The van der Waals surface area contributed by atoms with Crippen LogP contribution in [0.15, 0.2) is 82.7 Å². The van der Waals surface area contributed by atoms with Gasteiger partial charge in [-0.05, 0) is 54.1 Å². The summed E-state index contributed by atoms with van der Waals surface area (Å²) < 4.78 is 17.9. The molecule has 184 valence electrons. The molecule has 1 aliphatic rings. The fourth-order valence-electron chi connectivity index (χ4n) is 3.41. The van der Waals surface area contributed by atoms with Gasteiger partial charge in [0.05, 0.1) is 11.5 Å². The average molecular weight is 503 g/mol. The molecule has 0 aliphatic carbocycles. The molecule has 0 atom stereocenters. The molecule has 8 heteroatoms. The quantitative estimate of drug-likeness (QED) is 0.397. The Kier molecular flexibility index (Phi) is 8.41. The molecule has 2 amide bonds. The molecule has 1 N–H and O–H groups in total. The fourth-order valence-corrected chi connectivity index (χ4v) is 4.26. The monoisotopic (exact) mass is 502 g/mol. The number of nitrogens with zero attached hydrogens (tertiary/aromatic N) is 1. The molecule has 7 nitrogen and oxygen atoms in total. The van der Waals surface area contributed by atoms with Gasteiger partial charge in [-0.15, -0.1) is 0 Å². The number of amides is 2. The molecule has 0 unspecified atom stereocenters. The highest BCUT2D eigenvalue weighted by Crippen LogP contribution is 2.32. The maximum atomic E-state index is 12.2. The van der Waals surface area contributed by atoms with Gasteiger partial charge in [-0.1, -0.05) is 54.6 Å². The molecule has 0 aromatic heterocycles. The van der Waals surface area contributed by atoms with Crippen LogP contribution in [-0.4, -0.2) is 23.6 Å². The van der Waals surface area contributed by atoms with Crippen LogP contribution in [0.3, 0.4) is 0 Å². The molecule has 0 spiro atoms. The van der Waals surface area contributed by atoms with Crippen LogP contribution in [0, 0.1) is 0 Å². The van der Waals surface area contributed by atoms with Crippen molar-refractivity contribution in [3.05, 3.63) is 94.4 Å². The largest absolute Gasteiger partial charge is 0.490 e. The third-order valence-electron chi connectivity index (χ3n) is 5.05. The molecule has 1 heterocycles. The van der Waals surface area contributed by atoms with Crippen molar-refractivity contribution in [2.45, 2.75) is 27.1 Å². The number of amidine groups is 1. The first-order chi connectivity index (χ1) is 17.5. The van der Waals surface area contributed by atoms with Gasteiger partial charge in [0.1, 0.15) is 19.0 Å². The van der Waals surface area contributed by atoms with Gasteiger partial charge in [0.15, 0.2) is 16.7 Å². The molecule has 36 heavy (non-hydrogen) atoms. The number of hydrogen-bond acceptors (Lipinski definition) is 6. The van der Waals surface area contributed by atoms with Crippen molar-refractivity contribution >= 4 is 34.8 Å². The summed E-state index contributed by atoms with van der Waals surface area (Å²) in [6.07, 6.45) is 1.72. The number of hydrogen-bond donors (Lipinski definition) is 1. The zero-order valence-electron chi connectivity index (χ0n) is 20.0. The Labute approximate surface area is 214 Å². The molecule has 0 saturated carbocycles. The van der Waals surface area contributed by atoms with Gasteiger partial charge in [-0.3, -0.25) is 9.59 Å². The highest BCUT2D eigenvalue weighted by molar-refractivity contribution is 8.18. The van der Waals surface area contributed by atoms with Crippen molar-refractivity contribution in [2.75, 3.05) is 6.61 Å². The van der Waals surface area contributed by atoms with Crippen molar-refractivity contribution < 1.29 is 23.8 Å². The summed E-state index contributed by atoms with van der Waals surface area (Å²) in [7, 11) is 0. The SMILES string of the molecule is CCOc1cc(COc2ccccc2/C=C2/SC(NC(C)=O)=NC2=O)ccc1OCc1ccccc1. The van der Waals surface area contributed by atoms with Crippen LogP contribution >= 0.6 is 11.8 Å².